The average Bonchev–Trinajstić information content (AvgIpc) is 2.27. The second-order valence-corrected chi connectivity index (χ2v) is 4.21. The van der Waals surface area contributed by atoms with Crippen molar-refractivity contribution < 1.29 is 9.53 Å². The first-order chi connectivity index (χ1) is 5.45. The van der Waals surface area contributed by atoms with Crippen LogP contribution in [0.3, 0.4) is 0 Å². The molecule has 1 aliphatic heterocycles. The minimum atomic E-state index is -0.124. The largest absolute Gasteiger partial charge is 0.359 e. The second kappa shape index (κ2) is 3.05. The number of amides is 1. The van der Waals surface area contributed by atoms with Crippen LogP contribution < -0.4 is 0 Å². The molecule has 0 aromatic heterocycles. The van der Waals surface area contributed by atoms with Crippen molar-refractivity contribution in [1.82, 2.24) is 4.90 Å². The predicted octanol–water partition coefficient (Wildman–Crippen LogP) is 1.24. The molecule has 1 aliphatic rings. The highest BCUT2D eigenvalue weighted by molar-refractivity contribution is 5.79. The molecule has 3 nitrogen and oxygen atoms in total. The Kier molecular flexibility index (Phi) is 2.42. The van der Waals surface area contributed by atoms with Gasteiger partial charge in [-0.25, -0.2) is 0 Å². The first kappa shape index (κ1) is 9.52. The molecule has 1 rings (SSSR count). The normalized spacial score (nSPS) is 21.9. The highest BCUT2D eigenvalue weighted by Crippen LogP contribution is 2.23. The van der Waals surface area contributed by atoms with Crippen LogP contribution in [0.25, 0.3) is 0 Å². The molecule has 1 heterocycles. The fourth-order valence-electron chi connectivity index (χ4n) is 1.31. The third-order valence-electron chi connectivity index (χ3n) is 2.17. The van der Waals surface area contributed by atoms with Crippen LogP contribution in [0.2, 0.25) is 0 Å². The van der Waals surface area contributed by atoms with E-state index in [9.17, 15) is 4.79 Å². The Hall–Kier alpha value is -0.570. The van der Waals surface area contributed by atoms with Crippen LogP contribution in [-0.2, 0) is 9.53 Å². The first-order valence-electron chi connectivity index (χ1n) is 4.34. The van der Waals surface area contributed by atoms with Gasteiger partial charge in [-0.2, -0.15) is 0 Å². The summed E-state index contributed by atoms with van der Waals surface area (Å²) >= 11 is 0. The number of rotatable bonds is 1. The smallest absolute Gasteiger partial charge is 0.227 e. The van der Waals surface area contributed by atoms with E-state index in [1.165, 1.54) is 0 Å². The van der Waals surface area contributed by atoms with Gasteiger partial charge in [0.25, 0.3) is 0 Å². The van der Waals surface area contributed by atoms with Gasteiger partial charge in [-0.3, -0.25) is 4.79 Å². The van der Waals surface area contributed by atoms with Gasteiger partial charge in [-0.1, -0.05) is 13.8 Å². The molecule has 0 aliphatic carbocycles. The van der Waals surface area contributed by atoms with E-state index in [1.807, 2.05) is 27.7 Å². The molecular formula is C9H17NO2. The maximum atomic E-state index is 11.6. The number of nitrogens with zero attached hydrogens (tertiary/aromatic N) is 1. The Morgan fingerprint density at radius 3 is 2.42 bits per heavy atom. The van der Waals surface area contributed by atoms with Crippen molar-refractivity contribution in [3.63, 3.8) is 0 Å². The number of carbonyl (C=O) groups is 1. The van der Waals surface area contributed by atoms with Crippen LogP contribution in [0.1, 0.15) is 27.7 Å². The van der Waals surface area contributed by atoms with Gasteiger partial charge in [0.05, 0.1) is 12.1 Å². The minimum absolute atomic E-state index is 0.0611. The summed E-state index contributed by atoms with van der Waals surface area (Å²) in [7, 11) is 0. The van der Waals surface area contributed by atoms with Crippen LogP contribution in [0, 0.1) is 5.92 Å². The maximum Gasteiger partial charge on any atom is 0.227 e. The summed E-state index contributed by atoms with van der Waals surface area (Å²) in [6, 6.07) is 0. The number of ether oxygens (including phenoxy) is 1. The Bertz CT molecular complexity index is 187. The van der Waals surface area contributed by atoms with Crippen LogP contribution in [0.15, 0.2) is 0 Å². The predicted molar refractivity (Wildman–Crippen MR) is 46.6 cm³/mol. The molecule has 0 atom stereocenters. The molecule has 0 saturated carbocycles. The fourth-order valence-corrected chi connectivity index (χ4v) is 1.31. The van der Waals surface area contributed by atoms with E-state index in [1.54, 1.807) is 4.90 Å². The van der Waals surface area contributed by atoms with Gasteiger partial charge in [0.1, 0.15) is 6.73 Å². The van der Waals surface area contributed by atoms with Gasteiger partial charge in [0.15, 0.2) is 0 Å². The van der Waals surface area contributed by atoms with E-state index >= 15 is 0 Å². The van der Waals surface area contributed by atoms with E-state index in [0.29, 0.717) is 13.3 Å². The summed E-state index contributed by atoms with van der Waals surface area (Å²) in [6.07, 6.45) is 0. The van der Waals surface area contributed by atoms with Crippen molar-refractivity contribution in [2.45, 2.75) is 33.2 Å². The summed E-state index contributed by atoms with van der Waals surface area (Å²) in [4.78, 5) is 13.4. The monoisotopic (exact) mass is 171 g/mol. The van der Waals surface area contributed by atoms with Gasteiger partial charge < -0.3 is 9.64 Å². The molecule has 0 unspecified atom stereocenters. The van der Waals surface area contributed by atoms with E-state index in [0.717, 1.165) is 0 Å². The third-order valence-corrected chi connectivity index (χ3v) is 2.17. The molecule has 0 N–H and O–H groups in total. The molecular weight excluding hydrogens is 154 g/mol. The van der Waals surface area contributed by atoms with Crippen molar-refractivity contribution in [2.75, 3.05) is 13.3 Å². The quantitative estimate of drug-likeness (QED) is 0.594. The highest BCUT2D eigenvalue weighted by Gasteiger charge is 2.37. The van der Waals surface area contributed by atoms with Crippen LogP contribution in [-0.4, -0.2) is 29.7 Å². The van der Waals surface area contributed by atoms with Gasteiger partial charge >= 0.3 is 0 Å². The van der Waals surface area contributed by atoms with E-state index in [4.69, 9.17) is 4.74 Å². The molecule has 0 radical (unpaired) electrons. The molecule has 0 spiro atoms. The molecule has 1 amide bonds. The Morgan fingerprint density at radius 1 is 1.50 bits per heavy atom. The Morgan fingerprint density at radius 2 is 2.08 bits per heavy atom. The van der Waals surface area contributed by atoms with Crippen molar-refractivity contribution in [3.8, 4) is 0 Å². The molecule has 0 aromatic rings. The van der Waals surface area contributed by atoms with Crippen molar-refractivity contribution in [1.29, 1.82) is 0 Å². The molecule has 12 heavy (non-hydrogen) atoms. The fraction of sp³-hybridized carbons (Fsp3) is 0.889. The summed E-state index contributed by atoms with van der Waals surface area (Å²) in [5, 5.41) is 0. The molecule has 1 saturated heterocycles. The number of hydrogen-bond acceptors (Lipinski definition) is 2. The standard InChI is InChI=1S/C9H17NO2/c1-7(2)8(11)10-6-12-5-9(10,3)4/h7H,5-6H2,1-4H3. The summed E-state index contributed by atoms with van der Waals surface area (Å²) in [6.45, 7) is 8.98. The van der Waals surface area contributed by atoms with Gasteiger partial charge in [-0.05, 0) is 13.8 Å². The van der Waals surface area contributed by atoms with Crippen molar-refractivity contribution in [2.24, 2.45) is 5.92 Å². The molecule has 1 fully saturated rings. The van der Waals surface area contributed by atoms with Gasteiger partial charge in [-0.15, -0.1) is 0 Å². The van der Waals surface area contributed by atoms with Crippen LogP contribution in [0.5, 0.6) is 0 Å². The van der Waals surface area contributed by atoms with Gasteiger partial charge in [0.2, 0.25) is 5.91 Å². The third kappa shape index (κ3) is 1.61. The maximum absolute atomic E-state index is 11.6. The number of hydrogen-bond donors (Lipinski definition) is 0. The second-order valence-electron chi connectivity index (χ2n) is 4.21. The van der Waals surface area contributed by atoms with Crippen LogP contribution >= 0.6 is 0 Å². The topological polar surface area (TPSA) is 29.5 Å². The summed E-state index contributed by atoms with van der Waals surface area (Å²) < 4.78 is 5.25. The molecule has 3 heteroatoms. The minimum Gasteiger partial charge on any atom is -0.359 e. The Labute approximate surface area is 73.7 Å². The van der Waals surface area contributed by atoms with Crippen molar-refractivity contribution >= 4 is 5.91 Å². The van der Waals surface area contributed by atoms with Crippen LogP contribution in [0.4, 0.5) is 0 Å². The average molecular weight is 171 g/mol. The Balaban J connectivity index is 2.69. The zero-order valence-electron chi connectivity index (χ0n) is 8.26. The zero-order chi connectivity index (χ0) is 9.35. The molecule has 0 bridgehead atoms. The molecule has 70 valence electrons. The van der Waals surface area contributed by atoms with Gasteiger partial charge in [0, 0.05) is 5.92 Å². The van der Waals surface area contributed by atoms with E-state index in [-0.39, 0.29) is 17.4 Å². The number of carbonyl (C=O) groups excluding carboxylic acids is 1. The van der Waals surface area contributed by atoms with E-state index in [2.05, 4.69) is 0 Å². The lowest BCUT2D eigenvalue weighted by atomic mass is 10.0. The summed E-state index contributed by atoms with van der Waals surface area (Å²) in [5.41, 5.74) is -0.124. The van der Waals surface area contributed by atoms with Crippen molar-refractivity contribution in [3.05, 3.63) is 0 Å². The summed E-state index contributed by atoms with van der Waals surface area (Å²) in [5.74, 6) is 0.239. The lowest BCUT2D eigenvalue weighted by Crippen LogP contribution is -2.46. The lowest BCUT2D eigenvalue weighted by molar-refractivity contribution is -0.138. The SMILES string of the molecule is CC(C)C(=O)N1COCC1(C)C. The van der Waals surface area contributed by atoms with E-state index < -0.39 is 0 Å². The zero-order valence-corrected chi connectivity index (χ0v) is 8.26. The highest BCUT2D eigenvalue weighted by atomic mass is 16.5. The first-order valence-corrected chi connectivity index (χ1v) is 4.34. The lowest BCUT2D eigenvalue weighted by Gasteiger charge is -2.30. The molecule has 0 aromatic carbocycles.